The van der Waals surface area contributed by atoms with Crippen LogP contribution in [0.2, 0.25) is 0 Å². The molecule has 0 amide bonds. The van der Waals surface area contributed by atoms with Gasteiger partial charge in [0, 0.05) is 0 Å². The molecule has 0 saturated carbocycles. The molecule has 0 heterocycles. The molecule has 1 heteroatoms. The first kappa shape index (κ1) is 13.1. The van der Waals surface area contributed by atoms with E-state index in [0.29, 0.717) is 5.92 Å². The summed E-state index contributed by atoms with van der Waals surface area (Å²) >= 11 is 0. The Labute approximate surface area is 110 Å². The molecule has 0 radical (unpaired) electrons. The van der Waals surface area contributed by atoms with Crippen molar-refractivity contribution in [2.75, 3.05) is 0 Å². The van der Waals surface area contributed by atoms with E-state index in [0.717, 1.165) is 35.1 Å². The van der Waals surface area contributed by atoms with Gasteiger partial charge in [-0.05, 0) is 56.2 Å². The van der Waals surface area contributed by atoms with E-state index in [1.807, 2.05) is 25.1 Å². The summed E-state index contributed by atoms with van der Waals surface area (Å²) in [6, 6.07) is 8.11. The van der Waals surface area contributed by atoms with E-state index in [-0.39, 0.29) is 0 Å². The van der Waals surface area contributed by atoms with Gasteiger partial charge in [-0.25, -0.2) is 0 Å². The van der Waals surface area contributed by atoms with Gasteiger partial charge in [-0.15, -0.1) is 0 Å². The molecule has 2 rings (SSSR count). The Morgan fingerprint density at radius 2 is 2.00 bits per heavy atom. The summed E-state index contributed by atoms with van der Waals surface area (Å²) in [4.78, 5) is 0. The third kappa shape index (κ3) is 2.15. The summed E-state index contributed by atoms with van der Waals surface area (Å²) < 4.78 is 0. The van der Waals surface area contributed by atoms with Crippen LogP contribution in [0.15, 0.2) is 48.1 Å². The number of aliphatic hydroxyl groups is 1. The molecular weight excluding hydrogens is 220 g/mol. The van der Waals surface area contributed by atoms with Crippen LogP contribution in [0.4, 0.5) is 0 Å². The summed E-state index contributed by atoms with van der Waals surface area (Å²) in [7, 11) is 0. The normalized spacial score (nSPS) is 27.8. The number of hydrogen-bond donors (Lipinski definition) is 1. The molecule has 2 atom stereocenters. The van der Waals surface area contributed by atoms with Crippen LogP contribution in [0.1, 0.15) is 37.8 Å². The monoisotopic (exact) mass is 242 g/mol. The summed E-state index contributed by atoms with van der Waals surface area (Å²) in [5.74, 6) is 0.373. The highest BCUT2D eigenvalue weighted by Crippen LogP contribution is 2.43. The zero-order valence-electron chi connectivity index (χ0n) is 11.5. The van der Waals surface area contributed by atoms with Crippen LogP contribution < -0.4 is 0 Å². The van der Waals surface area contributed by atoms with Crippen LogP contribution >= 0.6 is 0 Å². The first-order valence-corrected chi connectivity index (χ1v) is 6.56. The van der Waals surface area contributed by atoms with Crippen LogP contribution in [-0.2, 0) is 5.60 Å². The topological polar surface area (TPSA) is 20.2 Å². The summed E-state index contributed by atoms with van der Waals surface area (Å²) in [6.45, 7) is 10.2. The number of hydrogen-bond acceptors (Lipinski definition) is 1. The van der Waals surface area contributed by atoms with E-state index in [1.54, 1.807) is 0 Å². The Bertz CT molecular complexity index is 498. The van der Waals surface area contributed by atoms with Gasteiger partial charge in [0.25, 0.3) is 0 Å². The molecule has 1 unspecified atom stereocenters. The van der Waals surface area contributed by atoms with Gasteiger partial charge in [-0.1, -0.05) is 42.5 Å². The van der Waals surface area contributed by atoms with Crippen molar-refractivity contribution in [3.8, 4) is 0 Å². The lowest BCUT2D eigenvalue weighted by atomic mass is 9.71. The van der Waals surface area contributed by atoms with Crippen molar-refractivity contribution in [1.29, 1.82) is 0 Å². The van der Waals surface area contributed by atoms with E-state index in [9.17, 15) is 5.11 Å². The predicted octanol–water partition coefficient (Wildman–Crippen LogP) is 4.12. The second kappa shape index (κ2) is 4.74. The van der Waals surface area contributed by atoms with Crippen molar-refractivity contribution >= 4 is 0 Å². The van der Waals surface area contributed by atoms with E-state index in [4.69, 9.17) is 0 Å². The standard InChI is InChI=1S/C17H22O/c1-12(2)15-10-9-14(4)17(18,11-15)16-8-6-5-7-13(16)3/h5-9,15,18H,1,10-11H2,2-4H3/t15-,17?/m1/s1. The Balaban J connectivity index is 2.46. The summed E-state index contributed by atoms with van der Waals surface area (Å²) in [5.41, 5.74) is 3.58. The van der Waals surface area contributed by atoms with Gasteiger partial charge in [-0.3, -0.25) is 0 Å². The Hall–Kier alpha value is -1.34. The maximum absolute atomic E-state index is 11.1. The molecular formula is C17H22O. The van der Waals surface area contributed by atoms with Gasteiger partial charge in [0.2, 0.25) is 0 Å². The zero-order chi connectivity index (χ0) is 13.3. The third-order valence-electron chi connectivity index (χ3n) is 4.19. The summed E-state index contributed by atoms with van der Waals surface area (Å²) in [5, 5.41) is 11.1. The fraction of sp³-hybridized carbons (Fsp3) is 0.412. The Morgan fingerprint density at radius 1 is 1.33 bits per heavy atom. The number of rotatable bonds is 2. The number of benzene rings is 1. The van der Waals surface area contributed by atoms with Gasteiger partial charge in [-0.2, -0.15) is 0 Å². The van der Waals surface area contributed by atoms with E-state index < -0.39 is 5.60 Å². The minimum absolute atomic E-state index is 0.373. The maximum atomic E-state index is 11.1. The second-order valence-corrected chi connectivity index (χ2v) is 5.55. The molecule has 0 spiro atoms. The van der Waals surface area contributed by atoms with Crippen LogP contribution in [0.25, 0.3) is 0 Å². The molecule has 18 heavy (non-hydrogen) atoms. The quantitative estimate of drug-likeness (QED) is 0.774. The van der Waals surface area contributed by atoms with Crippen molar-refractivity contribution in [1.82, 2.24) is 0 Å². The first-order chi connectivity index (χ1) is 8.45. The minimum atomic E-state index is -0.826. The molecule has 1 nitrogen and oxygen atoms in total. The Morgan fingerprint density at radius 3 is 2.61 bits per heavy atom. The second-order valence-electron chi connectivity index (χ2n) is 5.55. The van der Waals surface area contributed by atoms with Gasteiger partial charge < -0.3 is 5.11 Å². The zero-order valence-corrected chi connectivity index (χ0v) is 11.5. The van der Waals surface area contributed by atoms with Crippen molar-refractivity contribution in [2.45, 2.75) is 39.2 Å². The average molecular weight is 242 g/mol. The Kier molecular flexibility index (Phi) is 3.45. The van der Waals surface area contributed by atoms with Crippen LogP contribution in [0.5, 0.6) is 0 Å². The molecule has 0 saturated heterocycles. The van der Waals surface area contributed by atoms with Crippen molar-refractivity contribution < 1.29 is 5.11 Å². The first-order valence-electron chi connectivity index (χ1n) is 6.56. The maximum Gasteiger partial charge on any atom is 0.111 e. The molecule has 1 aromatic carbocycles. The number of aryl methyl sites for hydroxylation is 1. The SMILES string of the molecule is C=C(C)[C@@H]1CC=C(C)C(O)(c2ccccc2C)C1. The highest BCUT2D eigenvalue weighted by Gasteiger charge is 2.37. The lowest BCUT2D eigenvalue weighted by Gasteiger charge is -2.38. The smallest absolute Gasteiger partial charge is 0.111 e. The molecule has 0 fully saturated rings. The lowest BCUT2D eigenvalue weighted by molar-refractivity contribution is 0.0457. The fourth-order valence-electron chi connectivity index (χ4n) is 2.82. The number of allylic oxidation sites excluding steroid dienone is 2. The molecule has 0 aromatic heterocycles. The van der Waals surface area contributed by atoms with E-state index in [2.05, 4.69) is 32.6 Å². The molecule has 96 valence electrons. The van der Waals surface area contributed by atoms with Gasteiger partial charge in [0.15, 0.2) is 0 Å². The van der Waals surface area contributed by atoms with Gasteiger partial charge in [0.05, 0.1) is 0 Å². The molecule has 1 N–H and O–H groups in total. The predicted molar refractivity (Wildman–Crippen MR) is 76.4 cm³/mol. The van der Waals surface area contributed by atoms with Crippen LogP contribution in [-0.4, -0.2) is 5.11 Å². The highest BCUT2D eigenvalue weighted by atomic mass is 16.3. The van der Waals surface area contributed by atoms with Crippen LogP contribution in [0, 0.1) is 12.8 Å². The summed E-state index contributed by atoms with van der Waals surface area (Å²) in [6.07, 6.45) is 3.90. The van der Waals surface area contributed by atoms with Crippen molar-refractivity contribution in [3.63, 3.8) is 0 Å². The van der Waals surface area contributed by atoms with E-state index >= 15 is 0 Å². The van der Waals surface area contributed by atoms with Gasteiger partial charge in [0.1, 0.15) is 5.60 Å². The third-order valence-corrected chi connectivity index (χ3v) is 4.19. The average Bonchev–Trinajstić information content (AvgIpc) is 2.33. The van der Waals surface area contributed by atoms with Crippen molar-refractivity contribution in [3.05, 3.63) is 59.2 Å². The van der Waals surface area contributed by atoms with Crippen LogP contribution in [0.3, 0.4) is 0 Å². The molecule has 1 aliphatic carbocycles. The molecule has 0 aliphatic heterocycles. The fourth-order valence-corrected chi connectivity index (χ4v) is 2.82. The molecule has 0 bridgehead atoms. The van der Waals surface area contributed by atoms with Gasteiger partial charge >= 0.3 is 0 Å². The largest absolute Gasteiger partial charge is 0.381 e. The molecule has 1 aliphatic rings. The highest BCUT2D eigenvalue weighted by molar-refractivity contribution is 5.39. The minimum Gasteiger partial charge on any atom is -0.381 e. The van der Waals surface area contributed by atoms with Crippen molar-refractivity contribution in [2.24, 2.45) is 5.92 Å². The molecule has 1 aromatic rings. The van der Waals surface area contributed by atoms with E-state index in [1.165, 1.54) is 0 Å². The lowest BCUT2D eigenvalue weighted by Crippen LogP contribution is -2.34.